The highest BCUT2D eigenvalue weighted by Gasteiger charge is 2.36. The zero-order chi connectivity index (χ0) is 18.6. The highest BCUT2D eigenvalue weighted by atomic mass is 32.2. The summed E-state index contributed by atoms with van der Waals surface area (Å²) in [7, 11) is -3.94. The molecule has 2 N–H and O–H groups in total. The molecular formula is C13H13F3N4O4S. The van der Waals surface area contributed by atoms with Gasteiger partial charge in [0.2, 0.25) is 10.0 Å². The Bertz CT molecular complexity index is 1070. The lowest BCUT2D eigenvalue weighted by Gasteiger charge is -2.35. The number of hydrogen-bond acceptors (Lipinski definition) is 5. The van der Waals surface area contributed by atoms with Crippen LogP contribution in [0.25, 0.3) is 10.9 Å². The Kier molecular flexibility index (Phi) is 3.82. The quantitative estimate of drug-likeness (QED) is 0.806. The molecule has 1 aromatic carbocycles. The first-order valence-electron chi connectivity index (χ1n) is 7.10. The Balaban J connectivity index is 2.32. The summed E-state index contributed by atoms with van der Waals surface area (Å²) < 4.78 is 62.7. The van der Waals surface area contributed by atoms with Gasteiger partial charge in [-0.05, 0) is 18.6 Å². The van der Waals surface area contributed by atoms with Crippen LogP contribution in [-0.4, -0.2) is 37.4 Å². The molecule has 0 saturated carbocycles. The Morgan fingerprint density at radius 2 is 1.84 bits per heavy atom. The molecule has 0 unspecified atom stereocenters. The van der Waals surface area contributed by atoms with E-state index in [1.165, 1.54) is 4.90 Å². The normalized spacial score (nSPS) is 15.3. The second-order valence-electron chi connectivity index (χ2n) is 5.69. The number of sulfonamides is 1. The van der Waals surface area contributed by atoms with Gasteiger partial charge in [-0.2, -0.15) is 17.8 Å². The van der Waals surface area contributed by atoms with Crippen LogP contribution >= 0.6 is 0 Å². The average Bonchev–Trinajstić information content (AvgIpc) is 2.39. The van der Waals surface area contributed by atoms with E-state index in [0.717, 1.165) is 18.7 Å². The van der Waals surface area contributed by atoms with Crippen LogP contribution in [0.5, 0.6) is 0 Å². The summed E-state index contributed by atoms with van der Waals surface area (Å²) in [5.41, 5.74) is -3.71. The van der Waals surface area contributed by atoms with Gasteiger partial charge in [-0.1, -0.05) is 0 Å². The van der Waals surface area contributed by atoms with Crippen molar-refractivity contribution >= 4 is 26.6 Å². The Morgan fingerprint density at radius 1 is 1.20 bits per heavy atom. The zero-order valence-corrected chi connectivity index (χ0v) is 13.7. The van der Waals surface area contributed by atoms with E-state index in [-0.39, 0.29) is 21.3 Å². The van der Waals surface area contributed by atoms with Crippen molar-refractivity contribution in [2.45, 2.75) is 12.6 Å². The van der Waals surface area contributed by atoms with E-state index >= 15 is 0 Å². The predicted octanol–water partition coefficient (Wildman–Crippen LogP) is 0.422. The molecule has 0 radical (unpaired) electrons. The molecule has 1 saturated heterocycles. The van der Waals surface area contributed by atoms with E-state index in [4.69, 9.17) is 0 Å². The van der Waals surface area contributed by atoms with Gasteiger partial charge in [0.1, 0.15) is 0 Å². The molecule has 3 rings (SSSR count). The summed E-state index contributed by atoms with van der Waals surface area (Å²) in [5, 5.41) is -0.231. The van der Waals surface area contributed by atoms with Gasteiger partial charge in [-0.15, -0.1) is 0 Å². The van der Waals surface area contributed by atoms with Gasteiger partial charge in [0.05, 0.1) is 22.7 Å². The van der Waals surface area contributed by atoms with E-state index in [9.17, 15) is 31.2 Å². The Morgan fingerprint density at radius 3 is 2.32 bits per heavy atom. The van der Waals surface area contributed by atoms with Gasteiger partial charge in [0.15, 0.2) is 0 Å². The maximum Gasteiger partial charge on any atom is 0.418 e. The lowest BCUT2D eigenvalue weighted by Crippen LogP contribution is -2.43. The van der Waals surface area contributed by atoms with E-state index in [1.807, 2.05) is 0 Å². The molecular weight excluding hydrogens is 365 g/mol. The van der Waals surface area contributed by atoms with E-state index in [0.29, 0.717) is 19.2 Å². The minimum absolute atomic E-state index is 0.179. The van der Waals surface area contributed by atoms with Crippen LogP contribution in [0, 0.1) is 0 Å². The number of nitrogens with one attached hydrogen (secondary N) is 2. The van der Waals surface area contributed by atoms with E-state index in [2.05, 4.69) is 4.98 Å². The van der Waals surface area contributed by atoms with E-state index < -0.39 is 33.0 Å². The minimum Gasteiger partial charge on any atom is -0.371 e. The van der Waals surface area contributed by atoms with Crippen molar-refractivity contribution in [2.24, 2.45) is 0 Å². The third-order valence-electron chi connectivity index (χ3n) is 3.77. The molecule has 2 heterocycles. The van der Waals surface area contributed by atoms with Gasteiger partial charge < -0.3 is 9.88 Å². The van der Waals surface area contributed by atoms with Crippen LogP contribution in [0.1, 0.15) is 12.0 Å². The molecule has 25 heavy (non-hydrogen) atoms. The van der Waals surface area contributed by atoms with Gasteiger partial charge in [0.25, 0.3) is 5.56 Å². The highest BCUT2D eigenvalue weighted by Crippen LogP contribution is 2.39. The number of alkyl halides is 3. The standard InChI is InChI=1S/C13H13F3N4O4S/c1-25(23,24)18-20-11(21)7-5-10(19-3-2-4-19)8(13(14,15)16)6-9(7)17-12(20)22/h5-6,18H,2-4H2,1H3,(H,17,22). The molecule has 1 fully saturated rings. The molecule has 0 bridgehead atoms. The second-order valence-corrected chi connectivity index (χ2v) is 7.41. The molecule has 136 valence electrons. The molecule has 0 spiro atoms. The Hall–Kier alpha value is -2.50. The minimum atomic E-state index is -4.67. The van der Waals surface area contributed by atoms with E-state index in [1.54, 1.807) is 4.83 Å². The van der Waals surface area contributed by atoms with Gasteiger partial charge in [-0.3, -0.25) is 4.79 Å². The first-order chi connectivity index (χ1) is 11.5. The smallest absolute Gasteiger partial charge is 0.371 e. The second kappa shape index (κ2) is 5.51. The maximum absolute atomic E-state index is 13.3. The lowest BCUT2D eigenvalue weighted by atomic mass is 10.0. The fourth-order valence-corrected chi connectivity index (χ4v) is 3.04. The summed E-state index contributed by atoms with van der Waals surface area (Å²) in [6.45, 7) is 0.821. The largest absolute Gasteiger partial charge is 0.418 e. The third kappa shape index (κ3) is 3.21. The van der Waals surface area contributed by atoms with Crippen LogP contribution in [0.4, 0.5) is 18.9 Å². The van der Waals surface area contributed by atoms with Crippen molar-refractivity contribution in [1.82, 2.24) is 9.66 Å². The highest BCUT2D eigenvalue weighted by molar-refractivity contribution is 7.91. The first-order valence-corrected chi connectivity index (χ1v) is 8.99. The maximum atomic E-state index is 13.3. The summed E-state index contributed by atoms with van der Waals surface area (Å²) in [6.07, 6.45) is -3.21. The number of aromatic amines is 1. The average molecular weight is 378 g/mol. The summed E-state index contributed by atoms with van der Waals surface area (Å²) in [5.74, 6) is 0. The SMILES string of the molecule is CS(=O)(=O)Nn1c(=O)[nH]c2cc(C(F)(F)F)c(N3CCC3)cc2c1=O. The number of anilines is 1. The molecule has 0 amide bonds. The van der Waals surface area contributed by atoms with Crippen molar-refractivity contribution in [1.29, 1.82) is 0 Å². The van der Waals surface area contributed by atoms with Crippen molar-refractivity contribution in [3.8, 4) is 0 Å². The number of fused-ring (bicyclic) bond motifs is 1. The monoisotopic (exact) mass is 378 g/mol. The molecule has 1 aliphatic heterocycles. The fourth-order valence-electron chi connectivity index (χ4n) is 2.55. The van der Waals surface area contributed by atoms with Crippen molar-refractivity contribution in [2.75, 3.05) is 29.1 Å². The summed E-state index contributed by atoms with van der Waals surface area (Å²) >= 11 is 0. The Labute approximate surface area is 138 Å². The molecule has 1 aliphatic rings. The van der Waals surface area contributed by atoms with Crippen LogP contribution in [0.15, 0.2) is 21.7 Å². The third-order valence-corrected chi connectivity index (χ3v) is 4.29. The van der Waals surface area contributed by atoms with Crippen molar-refractivity contribution < 1.29 is 21.6 Å². The number of H-pyrrole nitrogens is 1. The number of halogens is 3. The molecule has 1 aromatic heterocycles. The molecule has 0 aliphatic carbocycles. The molecule has 0 atom stereocenters. The van der Waals surface area contributed by atoms with Crippen molar-refractivity contribution in [3.63, 3.8) is 0 Å². The predicted molar refractivity (Wildman–Crippen MR) is 84.9 cm³/mol. The number of nitrogens with zero attached hydrogens (tertiary/aromatic N) is 2. The number of rotatable bonds is 3. The van der Waals surface area contributed by atoms with Crippen molar-refractivity contribution in [3.05, 3.63) is 38.5 Å². The van der Waals surface area contributed by atoms with Gasteiger partial charge >= 0.3 is 11.9 Å². The zero-order valence-electron chi connectivity index (χ0n) is 12.8. The summed E-state index contributed by atoms with van der Waals surface area (Å²) in [6, 6.07) is 1.71. The fraction of sp³-hybridized carbons (Fsp3) is 0.385. The topological polar surface area (TPSA) is 104 Å². The van der Waals surface area contributed by atoms with Crippen LogP contribution in [0.2, 0.25) is 0 Å². The van der Waals surface area contributed by atoms with Crippen LogP contribution in [0.3, 0.4) is 0 Å². The number of benzene rings is 1. The molecule has 12 heteroatoms. The first kappa shape index (κ1) is 17.3. The molecule has 2 aromatic rings. The molecule has 8 nitrogen and oxygen atoms in total. The van der Waals surface area contributed by atoms with Gasteiger partial charge in [-0.25, -0.2) is 18.0 Å². The lowest BCUT2D eigenvalue weighted by molar-refractivity contribution is -0.137. The number of aromatic nitrogens is 2. The summed E-state index contributed by atoms with van der Waals surface area (Å²) in [4.78, 5) is 29.5. The van der Waals surface area contributed by atoms with Crippen LogP contribution < -0.4 is 21.0 Å². The van der Waals surface area contributed by atoms with Crippen LogP contribution in [-0.2, 0) is 16.2 Å². The van der Waals surface area contributed by atoms with Gasteiger partial charge in [0, 0.05) is 18.8 Å². The number of hydrogen-bond donors (Lipinski definition) is 2.